The van der Waals surface area contributed by atoms with Gasteiger partial charge in [-0.1, -0.05) is 0 Å². The van der Waals surface area contributed by atoms with Crippen LogP contribution in [-0.2, 0) is 4.74 Å². The molecule has 0 atom stereocenters. The molecule has 3 N–H and O–H groups in total. The van der Waals surface area contributed by atoms with Crippen molar-refractivity contribution in [2.75, 3.05) is 48.8 Å². The minimum Gasteiger partial charge on any atom is -0.494 e. The molecular formula is C30H24F4N6O2S. The van der Waals surface area contributed by atoms with Crippen molar-refractivity contribution in [2.45, 2.75) is 4.90 Å². The Bertz CT molecular complexity index is 1820. The van der Waals surface area contributed by atoms with Crippen LogP contribution in [0.3, 0.4) is 0 Å². The monoisotopic (exact) mass is 608 g/mol. The number of hydrogen-bond acceptors (Lipinski definition) is 9. The molecule has 0 aliphatic carbocycles. The van der Waals surface area contributed by atoms with Crippen LogP contribution < -0.4 is 20.1 Å². The van der Waals surface area contributed by atoms with Crippen LogP contribution in [0.1, 0.15) is 0 Å². The van der Waals surface area contributed by atoms with E-state index in [0.29, 0.717) is 72.2 Å². The number of ether oxygens (including phenoxy) is 2. The molecule has 13 heteroatoms. The molecule has 6 rings (SSSR count). The SMILES string of the molecule is COc1cc(-c2c(F)ccc(NSc3cc(F)ccc3F)c2F)cc2c(N3CCOCC3)nc(-c3ccc(N)nc3)nc12. The number of nitrogens with zero attached hydrogens (tertiary/aromatic N) is 4. The molecule has 3 aromatic carbocycles. The summed E-state index contributed by atoms with van der Waals surface area (Å²) in [5, 5.41) is 0.511. The van der Waals surface area contributed by atoms with E-state index in [-0.39, 0.29) is 27.5 Å². The summed E-state index contributed by atoms with van der Waals surface area (Å²) in [5.74, 6) is -1.57. The van der Waals surface area contributed by atoms with E-state index in [1.807, 2.05) is 4.90 Å². The molecule has 220 valence electrons. The van der Waals surface area contributed by atoms with Gasteiger partial charge in [0.05, 0.1) is 36.5 Å². The van der Waals surface area contributed by atoms with Crippen molar-refractivity contribution in [3.63, 3.8) is 0 Å². The fraction of sp³-hybridized carbons (Fsp3) is 0.167. The standard InChI is InChI=1S/C30H24F4N6O2S/c1-41-23-13-17(26-21(33)5-6-22(27(26)34)39-43-24-14-18(31)3-4-20(24)32)12-19-28(23)37-29(16-2-7-25(35)36-15-16)38-30(19)40-8-10-42-11-9-40/h2-7,12-15,39H,8-11H2,1H3,(H2,35,36). The summed E-state index contributed by atoms with van der Waals surface area (Å²) in [7, 11) is 1.44. The lowest BCUT2D eigenvalue weighted by molar-refractivity contribution is 0.122. The number of hydrogen-bond donors (Lipinski definition) is 2. The number of benzene rings is 3. The highest BCUT2D eigenvalue weighted by Crippen LogP contribution is 2.40. The maximum Gasteiger partial charge on any atom is 0.163 e. The smallest absolute Gasteiger partial charge is 0.163 e. The van der Waals surface area contributed by atoms with E-state index in [2.05, 4.69) is 9.71 Å². The maximum atomic E-state index is 15.9. The number of methoxy groups -OCH3 is 1. The quantitative estimate of drug-likeness (QED) is 0.159. The summed E-state index contributed by atoms with van der Waals surface area (Å²) < 4.78 is 72.8. The highest BCUT2D eigenvalue weighted by Gasteiger charge is 2.24. The van der Waals surface area contributed by atoms with Crippen LogP contribution in [0.15, 0.2) is 65.7 Å². The number of rotatable bonds is 7. The van der Waals surface area contributed by atoms with Gasteiger partial charge in [-0.2, -0.15) is 0 Å². The second-order valence-corrected chi connectivity index (χ2v) is 10.4. The number of fused-ring (bicyclic) bond motifs is 1. The molecule has 0 amide bonds. The van der Waals surface area contributed by atoms with Gasteiger partial charge in [-0.25, -0.2) is 32.5 Å². The summed E-state index contributed by atoms with van der Waals surface area (Å²) in [6.07, 6.45) is 1.57. The van der Waals surface area contributed by atoms with E-state index in [1.165, 1.54) is 19.2 Å². The normalized spacial score (nSPS) is 13.4. The van der Waals surface area contributed by atoms with Crippen molar-refractivity contribution in [3.8, 4) is 28.3 Å². The number of anilines is 3. The first-order valence-electron chi connectivity index (χ1n) is 13.1. The molecule has 0 unspecified atom stereocenters. The van der Waals surface area contributed by atoms with Crippen molar-refractivity contribution in [3.05, 3.63) is 84.1 Å². The van der Waals surface area contributed by atoms with Gasteiger partial charge in [0.2, 0.25) is 0 Å². The highest BCUT2D eigenvalue weighted by molar-refractivity contribution is 8.00. The van der Waals surface area contributed by atoms with Crippen LogP contribution in [0.25, 0.3) is 33.4 Å². The van der Waals surface area contributed by atoms with Crippen LogP contribution in [0.2, 0.25) is 0 Å². The zero-order chi connectivity index (χ0) is 30.1. The molecule has 1 aliphatic rings. The van der Waals surface area contributed by atoms with E-state index in [1.54, 1.807) is 24.4 Å². The summed E-state index contributed by atoms with van der Waals surface area (Å²) in [4.78, 5) is 15.6. The molecule has 3 heterocycles. The first-order chi connectivity index (χ1) is 20.8. The Hall–Kier alpha value is -4.62. The third kappa shape index (κ3) is 5.73. The zero-order valence-electron chi connectivity index (χ0n) is 22.7. The van der Waals surface area contributed by atoms with E-state index in [9.17, 15) is 8.78 Å². The van der Waals surface area contributed by atoms with Gasteiger partial charge in [0.1, 0.15) is 40.4 Å². The van der Waals surface area contributed by atoms with Crippen LogP contribution in [-0.4, -0.2) is 48.4 Å². The van der Waals surface area contributed by atoms with Crippen molar-refractivity contribution < 1.29 is 27.0 Å². The lowest BCUT2D eigenvalue weighted by Gasteiger charge is -2.29. The Kier molecular flexibility index (Phi) is 7.91. The molecule has 0 bridgehead atoms. The van der Waals surface area contributed by atoms with Gasteiger partial charge in [0.15, 0.2) is 11.6 Å². The van der Waals surface area contributed by atoms with Crippen molar-refractivity contribution in [1.82, 2.24) is 15.0 Å². The van der Waals surface area contributed by atoms with Gasteiger partial charge >= 0.3 is 0 Å². The van der Waals surface area contributed by atoms with Crippen molar-refractivity contribution in [2.24, 2.45) is 0 Å². The highest BCUT2D eigenvalue weighted by atomic mass is 32.2. The van der Waals surface area contributed by atoms with E-state index < -0.39 is 23.3 Å². The summed E-state index contributed by atoms with van der Waals surface area (Å²) in [6, 6.07) is 11.7. The Balaban J connectivity index is 1.48. The molecule has 2 aromatic heterocycles. The van der Waals surface area contributed by atoms with Crippen LogP contribution >= 0.6 is 11.9 Å². The van der Waals surface area contributed by atoms with Gasteiger partial charge in [-0.05, 0) is 72.1 Å². The lowest BCUT2D eigenvalue weighted by Crippen LogP contribution is -2.37. The average molecular weight is 609 g/mol. The second-order valence-electron chi connectivity index (χ2n) is 9.58. The minimum atomic E-state index is -0.927. The number of nitrogens with two attached hydrogens (primary N) is 1. The molecular weight excluding hydrogens is 584 g/mol. The van der Waals surface area contributed by atoms with E-state index in [4.69, 9.17) is 25.2 Å². The molecule has 0 saturated carbocycles. The first-order valence-corrected chi connectivity index (χ1v) is 13.9. The number of nitrogens with one attached hydrogen (secondary N) is 1. The predicted octanol–water partition coefficient (Wildman–Crippen LogP) is 6.46. The third-order valence-corrected chi connectivity index (χ3v) is 7.72. The maximum absolute atomic E-state index is 15.9. The van der Waals surface area contributed by atoms with Gasteiger partial charge in [-0.15, -0.1) is 0 Å². The third-order valence-electron chi connectivity index (χ3n) is 6.86. The Morgan fingerprint density at radius 1 is 0.930 bits per heavy atom. The Morgan fingerprint density at radius 3 is 2.47 bits per heavy atom. The Morgan fingerprint density at radius 2 is 1.72 bits per heavy atom. The zero-order valence-corrected chi connectivity index (χ0v) is 23.5. The Labute approximate surface area is 248 Å². The number of aromatic nitrogens is 3. The minimum absolute atomic E-state index is 0.0861. The van der Waals surface area contributed by atoms with Crippen LogP contribution in [0.5, 0.6) is 5.75 Å². The number of nitrogen functional groups attached to an aromatic ring is 1. The summed E-state index contributed by atoms with van der Waals surface area (Å²) in [5.41, 5.74) is 6.52. The number of morpholine rings is 1. The number of pyridine rings is 1. The molecule has 1 saturated heterocycles. The fourth-order valence-electron chi connectivity index (χ4n) is 4.73. The first kappa shape index (κ1) is 28.5. The van der Waals surface area contributed by atoms with E-state index in [0.717, 1.165) is 24.3 Å². The van der Waals surface area contributed by atoms with Crippen LogP contribution in [0.4, 0.5) is 34.9 Å². The van der Waals surface area contributed by atoms with Gasteiger partial charge < -0.3 is 24.8 Å². The van der Waals surface area contributed by atoms with E-state index >= 15 is 8.78 Å². The topological polar surface area (TPSA) is 98.4 Å². The molecule has 5 aromatic rings. The largest absolute Gasteiger partial charge is 0.494 e. The van der Waals surface area contributed by atoms with Crippen molar-refractivity contribution in [1.29, 1.82) is 0 Å². The number of halogens is 4. The lowest BCUT2D eigenvalue weighted by atomic mass is 10.0. The van der Waals surface area contributed by atoms with Crippen molar-refractivity contribution >= 4 is 40.2 Å². The summed E-state index contributed by atoms with van der Waals surface area (Å²) >= 11 is 0.666. The summed E-state index contributed by atoms with van der Waals surface area (Å²) in [6.45, 7) is 2.02. The molecule has 43 heavy (non-hydrogen) atoms. The molecule has 0 radical (unpaired) electrons. The van der Waals surface area contributed by atoms with Gasteiger partial charge in [0.25, 0.3) is 0 Å². The molecule has 1 aliphatic heterocycles. The fourth-order valence-corrected chi connectivity index (χ4v) is 5.44. The average Bonchev–Trinajstić information content (AvgIpc) is 3.02. The molecule has 1 fully saturated rings. The van der Waals surface area contributed by atoms with Crippen LogP contribution in [0, 0.1) is 23.3 Å². The molecule has 0 spiro atoms. The van der Waals surface area contributed by atoms with Gasteiger partial charge in [-0.3, -0.25) is 0 Å². The predicted molar refractivity (Wildman–Crippen MR) is 158 cm³/mol. The molecule has 8 nitrogen and oxygen atoms in total. The second kappa shape index (κ2) is 11.9. The van der Waals surface area contributed by atoms with Gasteiger partial charge in [0, 0.05) is 30.2 Å².